The van der Waals surface area contributed by atoms with Crippen molar-refractivity contribution in [3.63, 3.8) is 0 Å². The summed E-state index contributed by atoms with van der Waals surface area (Å²) in [5.74, 6) is 0.218. The molecule has 0 aliphatic carbocycles. The maximum atomic E-state index is 11.7. The molecule has 0 bridgehead atoms. The molecule has 0 aromatic heterocycles. The number of carbonyl (C=O) groups is 1. The molecule has 0 amide bonds. The first kappa shape index (κ1) is 12.5. The summed E-state index contributed by atoms with van der Waals surface area (Å²) in [5.41, 5.74) is -0.423. The van der Waals surface area contributed by atoms with Crippen molar-refractivity contribution in [1.82, 2.24) is 5.32 Å². The summed E-state index contributed by atoms with van der Waals surface area (Å²) < 4.78 is 5.28. The lowest BCUT2D eigenvalue weighted by Crippen LogP contribution is -2.37. The predicted molar refractivity (Wildman–Crippen MR) is 57.4 cm³/mol. The van der Waals surface area contributed by atoms with E-state index in [0.717, 1.165) is 19.4 Å². The second-order valence-electron chi connectivity index (χ2n) is 5.11. The van der Waals surface area contributed by atoms with Crippen molar-refractivity contribution in [3.8, 4) is 0 Å². The van der Waals surface area contributed by atoms with E-state index < -0.39 is 5.60 Å². The molecule has 15 heavy (non-hydrogen) atoms. The van der Waals surface area contributed by atoms with Gasteiger partial charge in [0, 0.05) is 6.61 Å². The molecule has 1 saturated heterocycles. The van der Waals surface area contributed by atoms with Gasteiger partial charge in [0.05, 0.1) is 0 Å². The Morgan fingerprint density at radius 3 is 2.73 bits per heavy atom. The molecule has 1 fully saturated rings. The fourth-order valence-corrected chi connectivity index (χ4v) is 1.76. The quantitative estimate of drug-likeness (QED) is 0.680. The number of aliphatic hydroxyl groups is 1. The molecule has 0 aromatic rings. The molecule has 0 radical (unpaired) electrons. The summed E-state index contributed by atoms with van der Waals surface area (Å²) in [7, 11) is 0. The highest BCUT2D eigenvalue weighted by Crippen LogP contribution is 2.19. The Hall–Kier alpha value is -0.610. The van der Waals surface area contributed by atoms with Crippen LogP contribution in [0.2, 0.25) is 0 Å². The summed E-state index contributed by atoms with van der Waals surface area (Å²) >= 11 is 0. The highest BCUT2D eigenvalue weighted by atomic mass is 16.6. The van der Waals surface area contributed by atoms with Crippen LogP contribution in [0.4, 0.5) is 0 Å². The summed E-state index contributed by atoms with van der Waals surface area (Å²) in [6.45, 7) is 6.58. The van der Waals surface area contributed by atoms with E-state index in [4.69, 9.17) is 9.84 Å². The number of hydrogen-bond donors (Lipinski definition) is 2. The van der Waals surface area contributed by atoms with Crippen molar-refractivity contribution in [2.24, 2.45) is 5.92 Å². The van der Waals surface area contributed by atoms with E-state index in [1.165, 1.54) is 0 Å². The molecular weight excluding hydrogens is 194 g/mol. The van der Waals surface area contributed by atoms with Crippen LogP contribution in [0.5, 0.6) is 0 Å². The molecule has 2 unspecified atom stereocenters. The lowest BCUT2D eigenvalue weighted by atomic mass is 10.0. The normalized spacial score (nSPS) is 26.7. The fraction of sp³-hybridized carbons (Fsp3) is 0.909. The number of carbonyl (C=O) groups excluding carboxylic acids is 1. The molecule has 2 atom stereocenters. The number of nitrogens with one attached hydrogen (secondary N) is 1. The highest BCUT2D eigenvalue weighted by Gasteiger charge is 2.32. The third-order valence-electron chi connectivity index (χ3n) is 2.45. The molecule has 1 heterocycles. The maximum absolute atomic E-state index is 11.7. The van der Waals surface area contributed by atoms with Gasteiger partial charge in [-0.3, -0.25) is 4.79 Å². The van der Waals surface area contributed by atoms with Crippen LogP contribution in [0.15, 0.2) is 0 Å². The van der Waals surface area contributed by atoms with Gasteiger partial charge in [0.25, 0.3) is 0 Å². The summed E-state index contributed by atoms with van der Waals surface area (Å²) in [6, 6.07) is -0.194. The van der Waals surface area contributed by atoms with Gasteiger partial charge in [-0.15, -0.1) is 0 Å². The summed E-state index contributed by atoms with van der Waals surface area (Å²) in [5, 5.41) is 11.9. The van der Waals surface area contributed by atoms with E-state index in [-0.39, 0.29) is 18.6 Å². The van der Waals surface area contributed by atoms with Crippen LogP contribution in [0, 0.1) is 5.92 Å². The second-order valence-corrected chi connectivity index (χ2v) is 5.11. The minimum atomic E-state index is -0.423. The van der Waals surface area contributed by atoms with Crippen LogP contribution < -0.4 is 5.32 Å². The van der Waals surface area contributed by atoms with Gasteiger partial charge in [0.15, 0.2) is 0 Å². The van der Waals surface area contributed by atoms with E-state index in [1.54, 1.807) is 0 Å². The Bertz CT molecular complexity index is 222. The van der Waals surface area contributed by atoms with Gasteiger partial charge in [-0.1, -0.05) is 0 Å². The molecule has 4 heteroatoms. The summed E-state index contributed by atoms with van der Waals surface area (Å²) in [4.78, 5) is 11.7. The van der Waals surface area contributed by atoms with E-state index >= 15 is 0 Å². The van der Waals surface area contributed by atoms with Crippen LogP contribution in [-0.2, 0) is 9.53 Å². The van der Waals surface area contributed by atoms with Crippen LogP contribution in [-0.4, -0.2) is 35.9 Å². The van der Waals surface area contributed by atoms with Crippen molar-refractivity contribution < 1.29 is 14.6 Å². The SMILES string of the molecule is CC(C)(C)OC(=O)C1CC(CCO)CN1. The van der Waals surface area contributed by atoms with Crippen molar-refractivity contribution in [1.29, 1.82) is 0 Å². The monoisotopic (exact) mass is 215 g/mol. The smallest absolute Gasteiger partial charge is 0.323 e. The molecule has 0 aromatic carbocycles. The zero-order valence-electron chi connectivity index (χ0n) is 9.75. The molecular formula is C11H21NO3. The van der Waals surface area contributed by atoms with Crippen LogP contribution in [0.1, 0.15) is 33.6 Å². The Morgan fingerprint density at radius 1 is 1.53 bits per heavy atom. The zero-order chi connectivity index (χ0) is 11.5. The van der Waals surface area contributed by atoms with Crippen molar-refractivity contribution in [2.45, 2.75) is 45.3 Å². The lowest BCUT2D eigenvalue weighted by molar-refractivity contribution is -0.157. The second kappa shape index (κ2) is 4.94. The maximum Gasteiger partial charge on any atom is 0.323 e. The van der Waals surface area contributed by atoms with E-state index in [9.17, 15) is 4.79 Å². The predicted octanol–water partition coefficient (Wildman–Crippen LogP) is 0.689. The first-order valence-electron chi connectivity index (χ1n) is 5.49. The standard InChI is InChI=1S/C11H21NO3/c1-11(2,3)15-10(14)9-6-8(4-5-13)7-12-9/h8-9,12-13H,4-7H2,1-3H3. The van der Waals surface area contributed by atoms with Crippen molar-refractivity contribution in [3.05, 3.63) is 0 Å². The third-order valence-corrected chi connectivity index (χ3v) is 2.45. The van der Waals surface area contributed by atoms with Gasteiger partial charge in [-0.2, -0.15) is 0 Å². The molecule has 4 nitrogen and oxygen atoms in total. The van der Waals surface area contributed by atoms with Crippen molar-refractivity contribution >= 4 is 5.97 Å². The van der Waals surface area contributed by atoms with E-state index in [2.05, 4.69) is 5.32 Å². The zero-order valence-corrected chi connectivity index (χ0v) is 9.75. The van der Waals surface area contributed by atoms with Gasteiger partial charge in [0.1, 0.15) is 11.6 Å². The molecule has 0 saturated carbocycles. The van der Waals surface area contributed by atoms with Gasteiger partial charge < -0.3 is 15.2 Å². The van der Waals surface area contributed by atoms with Crippen LogP contribution in [0.25, 0.3) is 0 Å². The molecule has 0 spiro atoms. The number of hydrogen-bond acceptors (Lipinski definition) is 4. The molecule has 88 valence electrons. The van der Waals surface area contributed by atoms with Crippen LogP contribution in [0.3, 0.4) is 0 Å². The van der Waals surface area contributed by atoms with Crippen LogP contribution >= 0.6 is 0 Å². The van der Waals surface area contributed by atoms with Gasteiger partial charge in [-0.25, -0.2) is 0 Å². The van der Waals surface area contributed by atoms with E-state index in [0.29, 0.717) is 5.92 Å². The number of aliphatic hydroxyl groups excluding tert-OH is 1. The molecule has 2 N–H and O–H groups in total. The highest BCUT2D eigenvalue weighted by molar-refractivity contribution is 5.76. The fourth-order valence-electron chi connectivity index (χ4n) is 1.76. The minimum absolute atomic E-state index is 0.178. The van der Waals surface area contributed by atoms with Gasteiger partial charge in [0.2, 0.25) is 0 Å². The number of ether oxygens (including phenoxy) is 1. The molecule has 1 rings (SSSR count). The number of rotatable bonds is 3. The first-order chi connectivity index (χ1) is 6.92. The molecule has 1 aliphatic rings. The lowest BCUT2D eigenvalue weighted by Gasteiger charge is -2.22. The van der Waals surface area contributed by atoms with Gasteiger partial charge in [-0.05, 0) is 46.1 Å². The molecule has 1 aliphatic heterocycles. The Kier molecular flexibility index (Phi) is 4.11. The topological polar surface area (TPSA) is 58.6 Å². The Labute approximate surface area is 91.0 Å². The van der Waals surface area contributed by atoms with Crippen molar-refractivity contribution in [2.75, 3.05) is 13.2 Å². The minimum Gasteiger partial charge on any atom is -0.459 e. The summed E-state index contributed by atoms with van der Waals surface area (Å²) in [6.07, 6.45) is 1.53. The average molecular weight is 215 g/mol. The Balaban J connectivity index is 2.37. The van der Waals surface area contributed by atoms with Gasteiger partial charge >= 0.3 is 5.97 Å². The largest absolute Gasteiger partial charge is 0.459 e. The number of esters is 1. The third kappa shape index (κ3) is 4.18. The van der Waals surface area contributed by atoms with E-state index in [1.807, 2.05) is 20.8 Å². The first-order valence-corrected chi connectivity index (χ1v) is 5.49. The Morgan fingerprint density at radius 2 is 2.20 bits per heavy atom. The average Bonchev–Trinajstić information content (AvgIpc) is 2.50.